The quantitative estimate of drug-likeness (QED) is 0.856. The van der Waals surface area contributed by atoms with Crippen molar-refractivity contribution in [2.45, 2.75) is 6.92 Å². The van der Waals surface area contributed by atoms with Gasteiger partial charge in [0.2, 0.25) is 0 Å². The third kappa shape index (κ3) is 3.06. The van der Waals surface area contributed by atoms with Gasteiger partial charge in [-0.2, -0.15) is 0 Å². The van der Waals surface area contributed by atoms with Crippen LogP contribution in [0.15, 0.2) is 36.4 Å². The van der Waals surface area contributed by atoms with Crippen molar-refractivity contribution in [3.05, 3.63) is 63.4 Å². The van der Waals surface area contributed by atoms with E-state index in [1.54, 1.807) is 25.1 Å². The number of rotatable bonds is 2. The predicted octanol–water partition coefficient (Wildman–Crippen LogP) is 4.69. The van der Waals surface area contributed by atoms with E-state index in [4.69, 9.17) is 23.2 Å². The van der Waals surface area contributed by atoms with E-state index in [1.807, 2.05) is 0 Å². The highest BCUT2D eigenvalue weighted by Crippen LogP contribution is 2.24. The second-order valence-corrected chi connectivity index (χ2v) is 4.81. The van der Waals surface area contributed by atoms with Crippen LogP contribution in [0.1, 0.15) is 15.9 Å². The van der Waals surface area contributed by atoms with Crippen LogP contribution in [0.25, 0.3) is 0 Å². The summed E-state index contributed by atoms with van der Waals surface area (Å²) in [6, 6.07) is 8.82. The molecule has 0 aromatic heterocycles. The van der Waals surface area contributed by atoms with Crippen LogP contribution in [0.3, 0.4) is 0 Å². The van der Waals surface area contributed by atoms with Gasteiger partial charge in [0.05, 0.1) is 10.6 Å². The number of amides is 1. The topological polar surface area (TPSA) is 29.1 Å². The van der Waals surface area contributed by atoms with Gasteiger partial charge in [-0.3, -0.25) is 4.79 Å². The fourth-order valence-electron chi connectivity index (χ4n) is 1.61. The van der Waals surface area contributed by atoms with Gasteiger partial charge in [0, 0.05) is 10.7 Å². The molecule has 2 nitrogen and oxygen atoms in total. The molecule has 0 aliphatic heterocycles. The number of anilines is 1. The molecule has 1 N–H and O–H groups in total. The van der Waals surface area contributed by atoms with E-state index in [9.17, 15) is 9.18 Å². The summed E-state index contributed by atoms with van der Waals surface area (Å²) < 4.78 is 12.9. The summed E-state index contributed by atoms with van der Waals surface area (Å²) >= 11 is 11.8. The maximum atomic E-state index is 12.9. The predicted molar refractivity (Wildman–Crippen MR) is 75.6 cm³/mol. The molecule has 0 atom stereocenters. The molecule has 0 spiro atoms. The lowest BCUT2D eigenvalue weighted by Gasteiger charge is -2.10. The summed E-state index contributed by atoms with van der Waals surface area (Å²) in [4.78, 5) is 12.0. The summed E-state index contributed by atoms with van der Waals surface area (Å²) in [5.41, 5.74) is 1.57. The Morgan fingerprint density at radius 1 is 1.16 bits per heavy atom. The molecule has 0 radical (unpaired) electrons. The Morgan fingerprint density at radius 3 is 2.58 bits per heavy atom. The van der Waals surface area contributed by atoms with Gasteiger partial charge < -0.3 is 5.32 Å². The minimum atomic E-state index is -0.486. The van der Waals surface area contributed by atoms with Gasteiger partial charge in [-0.1, -0.05) is 29.3 Å². The Bertz CT molecular complexity index is 643. The van der Waals surface area contributed by atoms with Gasteiger partial charge >= 0.3 is 0 Å². The molecule has 0 saturated carbocycles. The van der Waals surface area contributed by atoms with Crippen molar-refractivity contribution in [3.63, 3.8) is 0 Å². The van der Waals surface area contributed by atoms with Crippen molar-refractivity contribution < 1.29 is 9.18 Å². The number of carbonyl (C=O) groups is 1. The lowest BCUT2D eigenvalue weighted by molar-refractivity contribution is 0.102. The summed E-state index contributed by atoms with van der Waals surface area (Å²) in [6.45, 7) is 1.80. The number of nitrogens with one attached hydrogen (secondary N) is 1. The molecule has 0 unspecified atom stereocenters. The number of hydrogen-bond acceptors (Lipinski definition) is 1. The first-order valence-corrected chi connectivity index (χ1v) is 6.26. The Hall–Kier alpha value is -1.58. The van der Waals surface area contributed by atoms with Gasteiger partial charge in [-0.15, -0.1) is 0 Å². The molecule has 0 heterocycles. The monoisotopic (exact) mass is 297 g/mol. The van der Waals surface area contributed by atoms with Crippen LogP contribution in [0, 0.1) is 12.7 Å². The number of benzene rings is 2. The van der Waals surface area contributed by atoms with Crippen LogP contribution < -0.4 is 5.32 Å². The number of halogens is 3. The summed E-state index contributed by atoms with van der Waals surface area (Å²) in [5.74, 6) is -0.893. The van der Waals surface area contributed by atoms with E-state index >= 15 is 0 Å². The van der Waals surface area contributed by atoms with Crippen LogP contribution >= 0.6 is 23.2 Å². The molecule has 19 heavy (non-hydrogen) atoms. The van der Waals surface area contributed by atoms with E-state index in [-0.39, 0.29) is 10.6 Å². The Kier molecular flexibility index (Phi) is 4.08. The van der Waals surface area contributed by atoms with Crippen molar-refractivity contribution in [1.82, 2.24) is 0 Å². The van der Waals surface area contributed by atoms with Crippen LogP contribution in [-0.4, -0.2) is 5.91 Å². The second kappa shape index (κ2) is 5.59. The van der Waals surface area contributed by atoms with E-state index in [2.05, 4.69) is 5.32 Å². The summed E-state index contributed by atoms with van der Waals surface area (Å²) in [7, 11) is 0. The zero-order valence-corrected chi connectivity index (χ0v) is 11.5. The Balaban J connectivity index is 2.28. The third-order valence-corrected chi connectivity index (χ3v) is 3.41. The molecule has 2 aromatic carbocycles. The van der Waals surface area contributed by atoms with Crippen LogP contribution in [0.4, 0.5) is 10.1 Å². The minimum Gasteiger partial charge on any atom is -0.322 e. The third-order valence-electron chi connectivity index (χ3n) is 2.69. The number of hydrogen-bond donors (Lipinski definition) is 1. The van der Waals surface area contributed by atoms with Crippen molar-refractivity contribution in [1.29, 1.82) is 0 Å². The fraction of sp³-hybridized carbons (Fsp3) is 0.0714. The van der Waals surface area contributed by atoms with Gasteiger partial charge in [0.15, 0.2) is 0 Å². The van der Waals surface area contributed by atoms with Crippen molar-refractivity contribution in [2.24, 2.45) is 0 Å². The van der Waals surface area contributed by atoms with Gasteiger partial charge in [0.1, 0.15) is 5.82 Å². The largest absolute Gasteiger partial charge is 0.322 e. The SMILES string of the molecule is Cc1c(Cl)cccc1NC(=O)c1ccc(F)cc1Cl. The fourth-order valence-corrected chi connectivity index (χ4v) is 2.03. The zero-order chi connectivity index (χ0) is 14.0. The highest BCUT2D eigenvalue weighted by atomic mass is 35.5. The smallest absolute Gasteiger partial charge is 0.257 e. The Morgan fingerprint density at radius 2 is 1.89 bits per heavy atom. The van der Waals surface area contributed by atoms with E-state index in [1.165, 1.54) is 12.1 Å². The van der Waals surface area contributed by atoms with Gasteiger partial charge in [0.25, 0.3) is 5.91 Å². The van der Waals surface area contributed by atoms with Gasteiger partial charge in [-0.05, 0) is 42.8 Å². The van der Waals surface area contributed by atoms with Crippen LogP contribution in [-0.2, 0) is 0 Å². The number of carbonyl (C=O) groups excluding carboxylic acids is 1. The lowest BCUT2D eigenvalue weighted by atomic mass is 10.1. The second-order valence-electron chi connectivity index (χ2n) is 3.99. The molecular weight excluding hydrogens is 288 g/mol. The molecule has 1 amide bonds. The molecule has 2 rings (SSSR count). The average Bonchev–Trinajstić information content (AvgIpc) is 2.34. The molecule has 0 aliphatic rings. The first-order valence-electron chi connectivity index (χ1n) is 5.50. The maximum Gasteiger partial charge on any atom is 0.257 e. The molecule has 0 bridgehead atoms. The van der Waals surface area contributed by atoms with Crippen molar-refractivity contribution >= 4 is 34.8 Å². The van der Waals surface area contributed by atoms with Crippen molar-refractivity contribution in [3.8, 4) is 0 Å². The molecule has 5 heteroatoms. The van der Waals surface area contributed by atoms with Crippen LogP contribution in [0.2, 0.25) is 10.0 Å². The minimum absolute atomic E-state index is 0.0668. The first-order chi connectivity index (χ1) is 8.99. The molecule has 0 aliphatic carbocycles. The maximum absolute atomic E-state index is 12.9. The van der Waals surface area contributed by atoms with E-state index in [0.29, 0.717) is 10.7 Å². The first kappa shape index (κ1) is 13.8. The molecule has 2 aromatic rings. The van der Waals surface area contributed by atoms with E-state index < -0.39 is 11.7 Å². The molecular formula is C14H10Cl2FNO. The lowest BCUT2D eigenvalue weighted by Crippen LogP contribution is -2.13. The molecule has 98 valence electrons. The standard InChI is InChI=1S/C14H10Cl2FNO/c1-8-11(15)3-2-4-13(8)18-14(19)10-6-5-9(17)7-12(10)16/h2-7H,1H3,(H,18,19). The zero-order valence-electron chi connectivity index (χ0n) is 10.0. The van der Waals surface area contributed by atoms with Crippen molar-refractivity contribution in [2.75, 3.05) is 5.32 Å². The highest BCUT2D eigenvalue weighted by Gasteiger charge is 2.12. The van der Waals surface area contributed by atoms with E-state index in [0.717, 1.165) is 11.6 Å². The summed E-state index contributed by atoms with van der Waals surface area (Å²) in [6.07, 6.45) is 0. The molecule has 0 fully saturated rings. The van der Waals surface area contributed by atoms with Crippen LogP contribution in [0.5, 0.6) is 0 Å². The molecule has 0 saturated heterocycles. The highest BCUT2D eigenvalue weighted by molar-refractivity contribution is 6.34. The van der Waals surface area contributed by atoms with Gasteiger partial charge in [-0.25, -0.2) is 4.39 Å². The summed E-state index contributed by atoms with van der Waals surface area (Å²) in [5, 5.41) is 3.32. The average molecular weight is 298 g/mol. The normalized spacial score (nSPS) is 10.3. The Labute approximate surface area is 120 Å².